The molecule has 0 spiro atoms. The second kappa shape index (κ2) is 7.37. The van der Waals surface area contributed by atoms with Gasteiger partial charge in [0.1, 0.15) is 5.75 Å². The number of hydrogen-bond acceptors (Lipinski definition) is 2. The lowest BCUT2D eigenvalue weighted by Gasteiger charge is -2.14. The third-order valence-corrected chi connectivity index (χ3v) is 4.35. The highest BCUT2D eigenvalue weighted by atomic mass is 16.5. The van der Waals surface area contributed by atoms with Gasteiger partial charge in [-0.25, -0.2) is 0 Å². The van der Waals surface area contributed by atoms with Crippen LogP contribution in [0.4, 0.5) is 0 Å². The zero-order chi connectivity index (χ0) is 16.9. The van der Waals surface area contributed by atoms with E-state index in [0.717, 1.165) is 24.5 Å². The van der Waals surface area contributed by atoms with Crippen molar-refractivity contribution in [2.24, 2.45) is 0 Å². The number of benzene rings is 2. The van der Waals surface area contributed by atoms with E-state index in [1.54, 1.807) is 7.11 Å². The minimum Gasteiger partial charge on any atom is -0.495 e. The Balaban J connectivity index is 1.79. The van der Waals surface area contributed by atoms with Crippen LogP contribution in [-0.2, 0) is 13.1 Å². The van der Waals surface area contributed by atoms with Crippen molar-refractivity contribution in [3.63, 3.8) is 0 Å². The number of hydrogen-bond donors (Lipinski definition) is 1. The van der Waals surface area contributed by atoms with Crippen molar-refractivity contribution in [3.05, 3.63) is 83.2 Å². The maximum atomic E-state index is 5.52. The summed E-state index contributed by atoms with van der Waals surface area (Å²) in [5.41, 5.74) is 6.17. The molecule has 0 aliphatic heterocycles. The Hall–Kier alpha value is -2.52. The Morgan fingerprint density at radius 3 is 2.38 bits per heavy atom. The first-order chi connectivity index (χ1) is 11.7. The summed E-state index contributed by atoms with van der Waals surface area (Å²) in [4.78, 5) is 0. The average molecular weight is 320 g/mol. The van der Waals surface area contributed by atoms with Crippen molar-refractivity contribution in [2.75, 3.05) is 7.11 Å². The predicted molar refractivity (Wildman–Crippen MR) is 98.8 cm³/mol. The average Bonchev–Trinajstić information content (AvgIpc) is 2.89. The van der Waals surface area contributed by atoms with Gasteiger partial charge in [0, 0.05) is 24.5 Å². The molecule has 0 unspecified atom stereocenters. The van der Waals surface area contributed by atoms with Gasteiger partial charge in [0.2, 0.25) is 0 Å². The summed E-state index contributed by atoms with van der Waals surface area (Å²) >= 11 is 0. The summed E-state index contributed by atoms with van der Waals surface area (Å²) in [5.74, 6) is 0.892. The Bertz CT molecular complexity index is 806. The van der Waals surface area contributed by atoms with Gasteiger partial charge in [-0.15, -0.1) is 0 Å². The van der Waals surface area contributed by atoms with Gasteiger partial charge in [-0.2, -0.15) is 0 Å². The van der Waals surface area contributed by atoms with Crippen LogP contribution < -0.4 is 10.1 Å². The van der Waals surface area contributed by atoms with E-state index in [4.69, 9.17) is 4.74 Å². The number of methoxy groups -OCH3 is 1. The Morgan fingerprint density at radius 2 is 1.62 bits per heavy atom. The Labute approximate surface area is 143 Å². The minimum atomic E-state index is 0.851. The molecule has 3 heteroatoms. The van der Waals surface area contributed by atoms with Gasteiger partial charge in [0.05, 0.1) is 12.8 Å². The molecule has 124 valence electrons. The largest absolute Gasteiger partial charge is 0.495 e. The van der Waals surface area contributed by atoms with E-state index in [1.165, 1.54) is 22.5 Å². The van der Waals surface area contributed by atoms with Gasteiger partial charge in [-0.3, -0.25) is 0 Å². The topological polar surface area (TPSA) is 26.2 Å². The summed E-state index contributed by atoms with van der Waals surface area (Å²) in [6.07, 6.45) is 0. The monoisotopic (exact) mass is 320 g/mol. The van der Waals surface area contributed by atoms with Crippen LogP contribution in [0.25, 0.3) is 5.69 Å². The van der Waals surface area contributed by atoms with E-state index < -0.39 is 0 Å². The first-order valence-electron chi connectivity index (χ1n) is 8.26. The maximum absolute atomic E-state index is 5.52. The lowest BCUT2D eigenvalue weighted by Crippen LogP contribution is -2.13. The molecule has 0 radical (unpaired) electrons. The third-order valence-electron chi connectivity index (χ3n) is 4.35. The lowest BCUT2D eigenvalue weighted by atomic mass is 10.2. The number of aryl methyl sites for hydroxylation is 1. The number of nitrogens with one attached hydrogen (secondary N) is 1. The zero-order valence-electron chi connectivity index (χ0n) is 14.5. The number of ether oxygens (including phenoxy) is 1. The molecule has 2 aromatic carbocycles. The molecule has 3 rings (SSSR count). The summed E-state index contributed by atoms with van der Waals surface area (Å²) in [7, 11) is 1.72. The molecule has 0 saturated carbocycles. The normalized spacial score (nSPS) is 10.8. The van der Waals surface area contributed by atoms with Gasteiger partial charge in [0.15, 0.2) is 0 Å². The molecule has 0 aliphatic carbocycles. The van der Waals surface area contributed by atoms with Crippen LogP contribution >= 0.6 is 0 Å². The van der Waals surface area contributed by atoms with Crippen LogP contribution in [0.3, 0.4) is 0 Å². The molecule has 0 bridgehead atoms. The van der Waals surface area contributed by atoms with Crippen molar-refractivity contribution >= 4 is 0 Å². The summed E-state index contributed by atoms with van der Waals surface area (Å²) in [6, 6.07) is 20.9. The van der Waals surface area contributed by atoms with Crippen molar-refractivity contribution in [1.82, 2.24) is 9.88 Å². The van der Waals surface area contributed by atoms with Gasteiger partial charge in [-0.1, -0.05) is 42.5 Å². The van der Waals surface area contributed by atoms with Crippen LogP contribution in [0, 0.1) is 13.8 Å². The number of aromatic nitrogens is 1. The van der Waals surface area contributed by atoms with E-state index in [9.17, 15) is 0 Å². The third kappa shape index (κ3) is 3.36. The molecule has 0 fully saturated rings. The van der Waals surface area contributed by atoms with E-state index in [0.29, 0.717) is 0 Å². The van der Waals surface area contributed by atoms with Crippen LogP contribution in [0.15, 0.2) is 60.7 Å². The molecule has 1 heterocycles. The summed E-state index contributed by atoms with van der Waals surface area (Å²) in [5, 5.41) is 3.53. The molecule has 0 saturated heterocycles. The fraction of sp³-hybridized carbons (Fsp3) is 0.238. The van der Waals surface area contributed by atoms with Crippen LogP contribution in [0.5, 0.6) is 5.75 Å². The highest BCUT2D eigenvalue weighted by Gasteiger charge is 2.13. The Kier molecular flexibility index (Phi) is 5.02. The molecule has 24 heavy (non-hydrogen) atoms. The lowest BCUT2D eigenvalue weighted by molar-refractivity contribution is 0.412. The highest BCUT2D eigenvalue weighted by Crippen LogP contribution is 2.27. The number of rotatable bonds is 6. The Morgan fingerprint density at radius 1 is 0.917 bits per heavy atom. The smallest absolute Gasteiger partial charge is 0.142 e. The number of para-hydroxylation sites is 2. The standard InChI is InChI=1S/C21H24N2O/c1-16-13-19(15-22-14-18-9-5-4-6-10-18)17(2)23(16)20-11-7-8-12-21(20)24-3/h4-13,22H,14-15H2,1-3H3. The molecule has 3 nitrogen and oxygen atoms in total. The predicted octanol–water partition coefficient (Wildman–Crippen LogP) is 4.39. The maximum Gasteiger partial charge on any atom is 0.142 e. The molecular weight excluding hydrogens is 296 g/mol. The molecule has 3 aromatic rings. The quantitative estimate of drug-likeness (QED) is 0.729. The van der Waals surface area contributed by atoms with E-state index >= 15 is 0 Å². The number of nitrogens with zero attached hydrogens (tertiary/aromatic N) is 1. The molecule has 0 amide bonds. The second-order valence-electron chi connectivity index (χ2n) is 5.99. The van der Waals surface area contributed by atoms with Gasteiger partial charge in [0.25, 0.3) is 0 Å². The van der Waals surface area contributed by atoms with Crippen molar-refractivity contribution in [2.45, 2.75) is 26.9 Å². The SMILES string of the molecule is COc1ccccc1-n1c(C)cc(CNCc2ccccc2)c1C. The van der Waals surface area contributed by atoms with Crippen molar-refractivity contribution in [1.29, 1.82) is 0 Å². The minimum absolute atomic E-state index is 0.851. The summed E-state index contributed by atoms with van der Waals surface area (Å²) < 4.78 is 7.78. The van der Waals surface area contributed by atoms with Gasteiger partial charge in [-0.05, 0) is 43.2 Å². The van der Waals surface area contributed by atoms with Crippen molar-refractivity contribution < 1.29 is 4.74 Å². The molecular formula is C21H24N2O. The summed E-state index contributed by atoms with van der Waals surface area (Å²) in [6.45, 7) is 6.03. The highest BCUT2D eigenvalue weighted by molar-refractivity contribution is 5.50. The van der Waals surface area contributed by atoms with Gasteiger partial charge >= 0.3 is 0 Å². The molecule has 0 atom stereocenters. The fourth-order valence-electron chi connectivity index (χ4n) is 3.13. The second-order valence-corrected chi connectivity index (χ2v) is 5.99. The first-order valence-corrected chi connectivity index (χ1v) is 8.26. The van der Waals surface area contributed by atoms with E-state index in [1.807, 2.05) is 24.3 Å². The van der Waals surface area contributed by atoms with Crippen LogP contribution in [-0.4, -0.2) is 11.7 Å². The first kappa shape index (κ1) is 16.3. The molecule has 1 aromatic heterocycles. The van der Waals surface area contributed by atoms with E-state index in [-0.39, 0.29) is 0 Å². The molecule has 0 aliphatic rings. The van der Waals surface area contributed by atoms with Gasteiger partial charge < -0.3 is 14.6 Å². The van der Waals surface area contributed by atoms with Crippen LogP contribution in [0.2, 0.25) is 0 Å². The fourth-order valence-corrected chi connectivity index (χ4v) is 3.13. The van der Waals surface area contributed by atoms with Crippen molar-refractivity contribution in [3.8, 4) is 11.4 Å². The van der Waals surface area contributed by atoms with Crippen LogP contribution in [0.1, 0.15) is 22.5 Å². The van der Waals surface area contributed by atoms with E-state index in [2.05, 4.69) is 60.1 Å². The zero-order valence-corrected chi connectivity index (χ0v) is 14.5. The molecule has 1 N–H and O–H groups in total.